The molecule has 3 heterocycles. The van der Waals surface area contributed by atoms with Crippen molar-refractivity contribution in [2.45, 2.75) is 27.0 Å². The molecule has 1 N–H and O–H groups in total. The van der Waals surface area contributed by atoms with Crippen molar-refractivity contribution in [3.05, 3.63) is 12.1 Å². The van der Waals surface area contributed by atoms with Gasteiger partial charge in [-0.2, -0.15) is 0 Å². The summed E-state index contributed by atoms with van der Waals surface area (Å²) in [5, 5.41) is 27.1. The topological polar surface area (TPSA) is 111 Å². The number of rotatable bonds is 7. The van der Waals surface area contributed by atoms with Crippen LogP contribution in [0.5, 0.6) is 0 Å². The minimum atomic E-state index is 0.00653. The van der Waals surface area contributed by atoms with Crippen molar-refractivity contribution in [1.29, 1.82) is 0 Å². The molecule has 0 saturated carbocycles. The van der Waals surface area contributed by atoms with Gasteiger partial charge in [0.1, 0.15) is 5.03 Å². The van der Waals surface area contributed by atoms with Crippen LogP contribution in [0.3, 0.4) is 0 Å². The third kappa shape index (κ3) is 4.36. The lowest BCUT2D eigenvalue weighted by Gasteiger charge is -2.00. The monoisotopic (exact) mass is 368 g/mol. The fourth-order valence-electron chi connectivity index (χ4n) is 1.52. The molecule has 0 saturated heterocycles. The maximum atomic E-state index is 11.6. The van der Waals surface area contributed by atoms with Crippen molar-refractivity contribution in [3.63, 3.8) is 0 Å². The van der Waals surface area contributed by atoms with Crippen LogP contribution < -0.4 is 5.32 Å². The fourth-order valence-corrected chi connectivity index (χ4v) is 4.27. The van der Waals surface area contributed by atoms with E-state index in [4.69, 9.17) is 0 Å². The lowest BCUT2D eigenvalue weighted by atomic mass is 10.5. The van der Waals surface area contributed by atoms with E-state index in [9.17, 15) is 4.79 Å². The molecule has 0 bridgehead atoms. The van der Waals surface area contributed by atoms with Crippen LogP contribution in [0.25, 0.3) is 5.65 Å². The summed E-state index contributed by atoms with van der Waals surface area (Å²) in [4.78, 5) is 11.6. The van der Waals surface area contributed by atoms with Gasteiger partial charge in [-0.15, -0.1) is 25.0 Å². The van der Waals surface area contributed by atoms with E-state index in [0.717, 1.165) is 20.1 Å². The van der Waals surface area contributed by atoms with Crippen LogP contribution in [0.2, 0.25) is 0 Å². The molecule has 9 nitrogen and oxygen atoms in total. The van der Waals surface area contributed by atoms with Crippen molar-refractivity contribution in [1.82, 2.24) is 40.8 Å². The van der Waals surface area contributed by atoms with E-state index >= 15 is 0 Å². The third-order valence-corrected chi connectivity index (χ3v) is 5.56. The first-order chi connectivity index (χ1) is 11.2. The van der Waals surface area contributed by atoms with Gasteiger partial charge in [0, 0.05) is 6.54 Å². The molecule has 0 radical (unpaired) electrons. The zero-order chi connectivity index (χ0) is 16.1. The fraction of sp³-hybridized carbons (Fsp3) is 0.364. The molecule has 12 heteroatoms. The summed E-state index contributed by atoms with van der Waals surface area (Å²) in [6.07, 6.45) is 0.925. The van der Waals surface area contributed by atoms with Crippen molar-refractivity contribution in [3.8, 4) is 0 Å². The summed E-state index contributed by atoms with van der Waals surface area (Å²) in [6, 6.07) is 3.60. The number of tetrazole rings is 1. The lowest BCUT2D eigenvalue weighted by molar-refractivity contribution is -0.118. The van der Waals surface area contributed by atoms with Gasteiger partial charge in [0.05, 0.1) is 5.75 Å². The highest BCUT2D eigenvalue weighted by atomic mass is 32.2. The second-order valence-corrected chi connectivity index (χ2v) is 7.74. The summed E-state index contributed by atoms with van der Waals surface area (Å²) >= 11 is 4.18. The summed E-state index contributed by atoms with van der Waals surface area (Å²) in [6.45, 7) is 2.71. The second kappa shape index (κ2) is 7.66. The van der Waals surface area contributed by atoms with Gasteiger partial charge in [0.15, 0.2) is 14.3 Å². The van der Waals surface area contributed by atoms with Crippen LogP contribution in [0.15, 0.2) is 25.8 Å². The van der Waals surface area contributed by atoms with E-state index < -0.39 is 0 Å². The Morgan fingerprint density at radius 2 is 2.17 bits per heavy atom. The Balaban J connectivity index is 1.57. The number of fused-ring (bicyclic) bond motifs is 1. The Labute approximate surface area is 143 Å². The van der Waals surface area contributed by atoms with Crippen molar-refractivity contribution in [2.75, 3.05) is 12.3 Å². The summed E-state index contributed by atoms with van der Waals surface area (Å²) in [5.74, 6) is 0.348. The van der Waals surface area contributed by atoms with Crippen LogP contribution in [0, 0.1) is 0 Å². The zero-order valence-corrected chi connectivity index (χ0v) is 14.5. The molecule has 0 fully saturated rings. The summed E-state index contributed by atoms with van der Waals surface area (Å²) in [7, 11) is 0. The molecule has 120 valence electrons. The van der Waals surface area contributed by atoms with Gasteiger partial charge < -0.3 is 5.32 Å². The lowest BCUT2D eigenvalue weighted by Crippen LogP contribution is -2.25. The van der Waals surface area contributed by atoms with Crippen LogP contribution in [0.1, 0.15) is 13.3 Å². The Kier molecular flexibility index (Phi) is 5.35. The minimum absolute atomic E-state index is 0.00653. The molecular formula is C11H12N8OS3. The number of hydrogen-bond acceptors (Lipinski definition) is 10. The largest absolute Gasteiger partial charge is 0.355 e. The van der Waals surface area contributed by atoms with Crippen LogP contribution in [0.4, 0.5) is 0 Å². The van der Waals surface area contributed by atoms with Crippen LogP contribution in [-0.4, -0.2) is 53.7 Å². The number of thioether (sulfide) groups is 1. The molecule has 1 amide bonds. The molecule has 0 atom stereocenters. The molecule has 0 aliphatic rings. The first kappa shape index (κ1) is 16.1. The van der Waals surface area contributed by atoms with E-state index in [-0.39, 0.29) is 5.91 Å². The predicted octanol–water partition coefficient (Wildman–Crippen LogP) is 1.14. The third-order valence-electron chi connectivity index (χ3n) is 2.52. The molecule has 3 aromatic heterocycles. The highest BCUT2D eigenvalue weighted by Crippen LogP contribution is 2.32. The van der Waals surface area contributed by atoms with Gasteiger partial charge in [-0.1, -0.05) is 30.0 Å². The maximum Gasteiger partial charge on any atom is 0.230 e. The number of carbonyl (C=O) groups excluding carboxylic acids is 1. The van der Waals surface area contributed by atoms with E-state index in [0.29, 0.717) is 17.9 Å². The molecule has 0 aromatic carbocycles. The normalized spacial score (nSPS) is 11.0. The molecule has 0 unspecified atom stereocenters. The quantitative estimate of drug-likeness (QED) is 0.614. The van der Waals surface area contributed by atoms with Crippen LogP contribution in [-0.2, 0) is 4.79 Å². The maximum absolute atomic E-state index is 11.6. The number of carbonyl (C=O) groups is 1. The van der Waals surface area contributed by atoms with E-state index in [1.54, 1.807) is 6.07 Å². The Morgan fingerprint density at radius 1 is 1.30 bits per heavy atom. The number of nitrogens with one attached hydrogen (secondary N) is 1. The smallest absolute Gasteiger partial charge is 0.230 e. The molecule has 3 rings (SSSR count). The van der Waals surface area contributed by atoms with Crippen molar-refractivity contribution in [2.24, 2.45) is 0 Å². The van der Waals surface area contributed by atoms with Gasteiger partial charge in [-0.3, -0.25) is 4.79 Å². The van der Waals surface area contributed by atoms with E-state index in [1.165, 1.54) is 39.5 Å². The second-order valence-electron chi connectivity index (χ2n) is 4.27. The summed E-state index contributed by atoms with van der Waals surface area (Å²) in [5.41, 5.74) is 0.584. The Hall–Kier alpha value is -1.79. The number of nitrogens with zero attached hydrogens (tertiary/aromatic N) is 7. The van der Waals surface area contributed by atoms with Gasteiger partial charge in [0.25, 0.3) is 0 Å². The standard InChI is InChI=1S/C11H12N8OS3/c1-2-5-12-8(20)6-21-10-14-15-11(23-10)22-9-4-3-7-13-17-18-19(7)16-9/h3-4H,2,5-6H2,1H3,(H,12,20). The zero-order valence-electron chi connectivity index (χ0n) is 12.0. The number of amides is 1. The molecule has 0 aliphatic carbocycles. The summed E-state index contributed by atoms with van der Waals surface area (Å²) < 4.78 is 2.86. The molecule has 0 aliphatic heterocycles. The molecule has 0 spiro atoms. The number of hydrogen-bond donors (Lipinski definition) is 1. The van der Waals surface area contributed by atoms with Crippen LogP contribution >= 0.6 is 34.9 Å². The molecule has 3 aromatic rings. The number of aromatic nitrogens is 7. The molecular weight excluding hydrogens is 356 g/mol. The highest BCUT2D eigenvalue weighted by Gasteiger charge is 2.10. The van der Waals surface area contributed by atoms with E-state index in [2.05, 4.69) is 36.1 Å². The Bertz CT molecular complexity index is 803. The van der Waals surface area contributed by atoms with Gasteiger partial charge in [-0.05, 0) is 40.7 Å². The van der Waals surface area contributed by atoms with Gasteiger partial charge in [-0.25, -0.2) is 0 Å². The van der Waals surface area contributed by atoms with Gasteiger partial charge >= 0.3 is 0 Å². The average Bonchev–Trinajstić information content (AvgIpc) is 3.19. The predicted molar refractivity (Wildman–Crippen MR) is 86.6 cm³/mol. The Morgan fingerprint density at radius 3 is 3.04 bits per heavy atom. The van der Waals surface area contributed by atoms with Gasteiger partial charge in [0.2, 0.25) is 5.91 Å². The SMILES string of the molecule is CCCNC(=O)CSc1nnc(Sc2ccc3nnnn3n2)s1. The first-order valence-corrected chi connectivity index (χ1v) is 9.32. The first-order valence-electron chi connectivity index (χ1n) is 6.71. The van der Waals surface area contributed by atoms with Crippen molar-refractivity contribution >= 4 is 46.4 Å². The highest BCUT2D eigenvalue weighted by molar-refractivity contribution is 8.03. The van der Waals surface area contributed by atoms with E-state index in [1.807, 2.05) is 13.0 Å². The average molecular weight is 368 g/mol. The molecule has 23 heavy (non-hydrogen) atoms. The van der Waals surface area contributed by atoms with Crippen molar-refractivity contribution < 1.29 is 4.79 Å². The minimum Gasteiger partial charge on any atom is -0.355 e.